The van der Waals surface area contributed by atoms with Crippen LogP contribution in [0.25, 0.3) is 0 Å². The molecule has 1 heterocycles. The van der Waals surface area contributed by atoms with Crippen LogP contribution in [0, 0.1) is 5.92 Å². The molecule has 1 aliphatic heterocycles. The molecule has 0 radical (unpaired) electrons. The third-order valence-corrected chi connectivity index (χ3v) is 7.63. The Balaban J connectivity index is 2.11. The van der Waals surface area contributed by atoms with Crippen molar-refractivity contribution in [1.82, 2.24) is 8.61 Å². The van der Waals surface area contributed by atoms with Crippen molar-refractivity contribution >= 4 is 37.5 Å². The number of amides is 1. The van der Waals surface area contributed by atoms with Crippen molar-refractivity contribution in [2.45, 2.75) is 12.8 Å². The van der Waals surface area contributed by atoms with Gasteiger partial charge in [0.25, 0.3) is 10.2 Å². The van der Waals surface area contributed by atoms with Crippen LogP contribution in [0.1, 0.15) is 12.8 Å². The summed E-state index contributed by atoms with van der Waals surface area (Å²) in [4.78, 5) is 12.6. The molecule has 1 aromatic rings. The minimum absolute atomic E-state index is 0.120. The SMILES string of the molecule is CN(c1cccc(NC(=O)[C@H]2CCCN(S(=O)(=O)N(C)C)C2)c1)S(C)(=O)=O. The van der Waals surface area contributed by atoms with Gasteiger partial charge in [0.05, 0.1) is 17.9 Å². The highest BCUT2D eigenvalue weighted by molar-refractivity contribution is 7.92. The molecule has 1 aliphatic rings. The monoisotopic (exact) mass is 418 g/mol. The van der Waals surface area contributed by atoms with Crippen LogP contribution < -0.4 is 9.62 Å². The first kappa shape index (κ1) is 21.6. The number of rotatable bonds is 6. The molecule has 152 valence electrons. The van der Waals surface area contributed by atoms with Gasteiger partial charge < -0.3 is 5.32 Å². The largest absolute Gasteiger partial charge is 0.326 e. The average Bonchev–Trinajstić information content (AvgIpc) is 2.60. The Morgan fingerprint density at radius 2 is 1.85 bits per heavy atom. The van der Waals surface area contributed by atoms with Crippen LogP contribution in [-0.2, 0) is 25.0 Å². The maximum atomic E-state index is 12.6. The van der Waals surface area contributed by atoms with Gasteiger partial charge >= 0.3 is 0 Å². The van der Waals surface area contributed by atoms with Crippen LogP contribution in [0.5, 0.6) is 0 Å². The smallest absolute Gasteiger partial charge is 0.281 e. The Morgan fingerprint density at radius 1 is 1.19 bits per heavy atom. The lowest BCUT2D eigenvalue weighted by molar-refractivity contribution is -0.120. The standard InChI is InChI=1S/C16H26N4O5S2/c1-18(2)27(24,25)20-10-6-7-13(12-20)16(21)17-14-8-5-9-15(11-14)19(3)26(4,22)23/h5,8-9,11,13H,6-7,10,12H2,1-4H3,(H,17,21)/t13-/m0/s1. The van der Waals surface area contributed by atoms with E-state index >= 15 is 0 Å². The number of hydrogen-bond donors (Lipinski definition) is 1. The number of anilines is 2. The van der Waals surface area contributed by atoms with E-state index in [2.05, 4.69) is 5.32 Å². The minimum atomic E-state index is -3.56. The molecule has 1 saturated heterocycles. The minimum Gasteiger partial charge on any atom is -0.326 e. The Hall–Kier alpha value is -1.69. The first-order valence-electron chi connectivity index (χ1n) is 8.45. The normalized spacial score (nSPS) is 19.1. The summed E-state index contributed by atoms with van der Waals surface area (Å²) in [5, 5.41) is 2.76. The van der Waals surface area contributed by atoms with Gasteiger partial charge in [-0.3, -0.25) is 9.10 Å². The average molecular weight is 419 g/mol. The summed E-state index contributed by atoms with van der Waals surface area (Å²) in [6, 6.07) is 6.50. The Labute approximate surface area is 161 Å². The van der Waals surface area contributed by atoms with Gasteiger partial charge in [-0.1, -0.05) is 6.07 Å². The van der Waals surface area contributed by atoms with Crippen molar-refractivity contribution in [3.63, 3.8) is 0 Å². The molecule has 1 atom stereocenters. The van der Waals surface area contributed by atoms with Crippen LogP contribution >= 0.6 is 0 Å². The molecule has 9 nitrogen and oxygen atoms in total. The number of hydrogen-bond acceptors (Lipinski definition) is 5. The van der Waals surface area contributed by atoms with Crippen molar-refractivity contribution < 1.29 is 21.6 Å². The summed E-state index contributed by atoms with van der Waals surface area (Å²) in [7, 11) is -2.62. The summed E-state index contributed by atoms with van der Waals surface area (Å²) in [6.07, 6.45) is 2.29. The third kappa shape index (κ3) is 5.18. The lowest BCUT2D eigenvalue weighted by atomic mass is 9.98. The molecule has 1 N–H and O–H groups in total. The number of carbonyl (C=O) groups is 1. The number of piperidine rings is 1. The molecule has 2 rings (SSSR count). The maximum Gasteiger partial charge on any atom is 0.281 e. The van der Waals surface area contributed by atoms with E-state index in [1.165, 1.54) is 25.4 Å². The summed E-state index contributed by atoms with van der Waals surface area (Å²) >= 11 is 0. The zero-order valence-corrected chi connectivity index (χ0v) is 17.5. The fourth-order valence-electron chi connectivity index (χ4n) is 2.81. The van der Waals surface area contributed by atoms with Gasteiger partial charge in [0.15, 0.2) is 0 Å². The van der Waals surface area contributed by atoms with Gasteiger partial charge in [-0.15, -0.1) is 0 Å². The highest BCUT2D eigenvalue weighted by Crippen LogP contribution is 2.24. The van der Waals surface area contributed by atoms with Crippen LogP contribution in [0.2, 0.25) is 0 Å². The van der Waals surface area contributed by atoms with E-state index in [-0.39, 0.29) is 12.5 Å². The fraction of sp³-hybridized carbons (Fsp3) is 0.562. The Kier molecular flexibility index (Phi) is 6.51. The number of benzene rings is 1. The molecule has 0 bridgehead atoms. The second kappa shape index (κ2) is 8.13. The van der Waals surface area contributed by atoms with E-state index in [4.69, 9.17) is 0 Å². The van der Waals surface area contributed by atoms with Crippen LogP contribution in [0.15, 0.2) is 24.3 Å². The molecule has 27 heavy (non-hydrogen) atoms. The van der Waals surface area contributed by atoms with Crippen molar-refractivity contribution in [1.29, 1.82) is 0 Å². The number of sulfonamides is 1. The molecule has 0 aliphatic carbocycles. The van der Waals surface area contributed by atoms with E-state index in [0.717, 1.165) is 14.9 Å². The number of carbonyl (C=O) groups excluding carboxylic acids is 1. The van der Waals surface area contributed by atoms with E-state index in [1.54, 1.807) is 24.3 Å². The highest BCUT2D eigenvalue weighted by Gasteiger charge is 2.33. The zero-order valence-electron chi connectivity index (χ0n) is 15.9. The molecule has 0 aromatic heterocycles. The Morgan fingerprint density at radius 3 is 2.44 bits per heavy atom. The zero-order chi connectivity index (χ0) is 20.4. The van der Waals surface area contributed by atoms with Gasteiger partial charge in [-0.25, -0.2) is 8.42 Å². The van der Waals surface area contributed by atoms with E-state index in [9.17, 15) is 21.6 Å². The summed E-state index contributed by atoms with van der Waals surface area (Å²) < 4.78 is 51.5. The van der Waals surface area contributed by atoms with E-state index in [1.807, 2.05) is 0 Å². The van der Waals surface area contributed by atoms with Crippen molar-refractivity contribution in [2.75, 3.05) is 50.1 Å². The second-order valence-corrected chi connectivity index (χ2v) is 10.9. The molecule has 0 spiro atoms. The number of nitrogens with one attached hydrogen (secondary N) is 1. The lowest BCUT2D eigenvalue weighted by Crippen LogP contribution is -2.47. The highest BCUT2D eigenvalue weighted by atomic mass is 32.2. The van der Waals surface area contributed by atoms with Gasteiger partial charge in [-0.2, -0.15) is 17.0 Å². The first-order chi connectivity index (χ1) is 12.4. The van der Waals surface area contributed by atoms with E-state index < -0.39 is 26.2 Å². The molecule has 1 aromatic carbocycles. The van der Waals surface area contributed by atoms with Gasteiger partial charge in [0.1, 0.15) is 0 Å². The fourth-order valence-corrected chi connectivity index (χ4v) is 4.50. The summed E-state index contributed by atoms with van der Waals surface area (Å²) in [5.41, 5.74) is 0.886. The summed E-state index contributed by atoms with van der Waals surface area (Å²) in [5.74, 6) is -0.752. The van der Waals surface area contributed by atoms with Crippen LogP contribution in [0.3, 0.4) is 0 Å². The predicted octanol–water partition coefficient (Wildman–Crippen LogP) is 0.539. The van der Waals surface area contributed by atoms with Gasteiger partial charge in [0, 0.05) is 39.9 Å². The first-order valence-corrected chi connectivity index (χ1v) is 11.7. The molecule has 1 fully saturated rings. The summed E-state index contributed by atoms with van der Waals surface area (Å²) in [6.45, 7) is 0.508. The van der Waals surface area contributed by atoms with Crippen molar-refractivity contribution in [3.05, 3.63) is 24.3 Å². The molecule has 0 unspecified atom stereocenters. The molecule has 11 heteroatoms. The predicted molar refractivity (Wildman–Crippen MR) is 105 cm³/mol. The van der Waals surface area contributed by atoms with E-state index in [0.29, 0.717) is 30.8 Å². The quantitative estimate of drug-likeness (QED) is 0.726. The number of nitrogens with zero attached hydrogens (tertiary/aromatic N) is 3. The molecule has 0 saturated carbocycles. The Bertz CT molecular complexity index is 899. The maximum absolute atomic E-state index is 12.6. The van der Waals surface area contributed by atoms with Gasteiger partial charge in [-0.05, 0) is 31.0 Å². The van der Waals surface area contributed by atoms with Crippen molar-refractivity contribution in [2.24, 2.45) is 5.92 Å². The van der Waals surface area contributed by atoms with Gasteiger partial charge in [0.2, 0.25) is 15.9 Å². The van der Waals surface area contributed by atoms with Crippen LogP contribution in [0.4, 0.5) is 11.4 Å². The van der Waals surface area contributed by atoms with Crippen LogP contribution in [-0.4, -0.2) is 71.8 Å². The van der Waals surface area contributed by atoms with Crippen molar-refractivity contribution in [3.8, 4) is 0 Å². The second-order valence-electron chi connectivity index (χ2n) is 6.76. The topological polar surface area (TPSA) is 107 Å². The lowest BCUT2D eigenvalue weighted by Gasteiger charge is -2.32. The molecular formula is C16H26N4O5S2. The molecule has 1 amide bonds. The molecular weight excluding hydrogens is 392 g/mol. The third-order valence-electron chi connectivity index (χ3n) is 4.52.